The van der Waals surface area contributed by atoms with E-state index in [-0.39, 0.29) is 30.2 Å². The van der Waals surface area contributed by atoms with Crippen LogP contribution >= 0.6 is 0 Å². The Morgan fingerprint density at radius 2 is 1.50 bits per heavy atom. The maximum atomic E-state index is 12.3. The normalized spacial score (nSPS) is 13.8. The molecule has 0 aliphatic rings. The highest BCUT2D eigenvalue weighted by Gasteiger charge is 2.26. The molecule has 0 aromatic heterocycles. The largest absolute Gasteiger partial charge is 0.480 e. The summed E-state index contributed by atoms with van der Waals surface area (Å²) < 4.78 is 0. The van der Waals surface area contributed by atoms with Gasteiger partial charge in [-0.2, -0.15) is 0 Å². The molecular weight excluding hydrogens is 360 g/mol. The molecule has 1 rings (SSSR count). The summed E-state index contributed by atoms with van der Waals surface area (Å²) in [5, 5.41) is 24.0. The van der Waals surface area contributed by atoms with Crippen molar-refractivity contribution in [1.29, 1.82) is 0 Å². The second kappa shape index (κ2) is 10.2. The van der Waals surface area contributed by atoms with Crippen LogP contribution in [0, 0.1) is 5.92 Å². The van der Waals surface area contributed by atoms with Crippen LogP contribution in [0.15, 0.2) is 24.3 Å². The molecule has 2 atom stereocenters. The highest BCUT2D eigenvalue weighted by molar-refractivity contribution is 5.94. The lowest BCUT2D eigenvalue weighted by molar-refractivity contribution is -0.143. The van der Waals surface area contributed by atoms with Gasteiger partial charge in [0.1, 0.15) is 12.1 Å². The van der Waals surface area contributed by atoms with Crippen molar-refractivity contribution in [3.63, 3.8) is 0 Å². The molecule has 0 fully saturated rings. The number of carbonyl (C=O) groups is 3. The number of amides is 1. The molecule has 1 aromatic carbocycles. The summed E-state index contributed by atoms with van der Waals surface area (Å²) >= 11 is 0. The minimum atomic E-state index is -1.14. The van der Waals surface area contributed by atoms with Crippen LogP contribution < -0.4 is 10.6 Å². The van der Waals surface area contributed by atoms with Crippen LogP contribution in [0.4, 0.5) is 0 Å². The maximum absolute atomic E-state index is 12.3. The summed E-state index contributed by atoms with van der Waals surface area (Å²) in [6, 6.07) is 5.29. The van der Waals surface area contributed by atoms with E-state index in [4.69, 9.17) is 0 Å². The molecule has 7 nitrogen and oxygen atoms in total. The molecule has 0 radical (unpaired) electrons. The zero-order chi connectivity index (χ0) is 21.5. The van der Waals surface area contributed by atoms with E-state index in [0.29, 0.717) is 12.0 Å². The van der Waals surface area contributed by atoms with Crippen molar-refractivity contribution in [3.8, 4) is 0 Å². The summed E-state index contributed by atoms with van der Waals surface area (Å²) in [6.45, 7) is 10.1. The Balaban J connectivity index is 2.63. The molecule has 0 heterocycles. The van der Waals surface area contributed by atoms with Gasteiger partial charge in [-0.15, -0.1) is 0 Å². The van der Waals surface area contributed by atoms with Crippen LogP contribution in [0.2, 0.25) is 0 Å². The monoisotopic (exact) mass is 392 g/mol. The lowest BCUT2D eigenvalue weighted by Crippen LogP contribution is -2.49. The maximum Gasteiger partial charge on any atom is 0.320 e. The lowest BCUT2D eigenvalue weighted by Gasteiger charge is -2.22. The van der Waals surface area contributed by atoms with E-state index >= 15 is 0 Å². The number of hydrogen-bond donors (Lipinski definition) is 4. The summed E-state index contributed by atoms with van der Waals surface area (Å²) in [5.41, 5.74) is 1.60. The van der Waals surface area contributed by atoms with Crippen LogP contribution in [0.5, 0.6) is 0 Å². The Bertz CT molecular complexity index is 677. The van der Waals surface area contributed by atoms with E-state index in [0.717, 1.165) is 5.56 Å². The predicted octanol–water partition coefficient (Wildman–Crippen LogP) is 2.65. The van der Waals surface area contributed by atoms with Crippen molar-refractivity contribution < 1.29 is 24.6 Å². The van der Waals surface area contributed by atoms with Crippen molar-refractivity contribution >= 4 is 17.8 Å². The average Bonchev–Trinajstić information content (AvgIpc) is 2.58. The molecule has 0 saturated heterocycles. The number of aliphatic carboxylic acids is 2. The van der Waals surface area contributed by atoms with Crippen molar-refractivity contribution in [2.24, 2.45) is 5.92 Å². The van der Waals surface area contributed by atoms with Crippen LogP contribution in [0.1, 0.15) is 63.4 Å². The summed E-state index contributed by atoms with van der Waals surface area (Å²) in [6.07, 6.45) is 0.411. The second-order valence-corrected chi connectivity index (χ2v) is 8.45. The first-order valence-corrected chi connectivity index (χ1v) is 9.52. The Hall–Kier alpha value is -2.41. The van der Waals surface area contributed by atoms with E-state index in [1.165, 1.54) is 0 Å². The van der Waals surface area contributed by atoms with Gasteiger partial charge in [-0.1, -0.05) is 46.8 Å². The van der Waals surface area contributed by atoms with Crippen molar-refractivity contribution in [1.82, 2.24) is 10.6 Å². The van der Waals surface area contributed by atoms with E-state index in [1.807, 2.05) is 26.0 Å². The number of benzene rings is 1. The highest BCUT2D eigenvalue weighted by Crippen LogP contribution is 2.22. The molecule has 0 spiro atoms. The van der Waals surface area contributed by atoms with Crippen molar-refractivity contribution in [2.45, 2.75) is 65.0 Å². The van der Waals surface area contributed by atoms with Gasteiger partial charge in [-0.25, -0.2) is 0 Å². The summed E-state index contributed by atoms with van der Waals surface area (Å²) in [7, 11) is 0. The van der Waals surface area contributed by atoms with Gasteiger partial charge in [0.25, 0.3) is 5.91 Å². The fraction of sp³-hybridized carbons (Fsp3) is 0.571. The van der Waals surface area contributed by atoms with Crippen LogP contribution in [0.25, 0.3) is 0 Å². The molecule has 0 aliphatic carbocycles. The number of rotatable bonds is 10. The molecule has 0 aliphatic heterocycles. The third kappa shape index (κ3) is 7.68. The van der Waals surface area contributed by atoms with E-state index < -0.39 is 24.0 Å². The Labute approximate surface area is 166 Å². The van der Waals surface area contributed by atoms with Crippen molar-refractivity contribution in [3.05, 3.63) is 35.4 Å². The van der Waals surface area contributed by atoms with Gasteiger partial charge in [0, 0.05) is 12.1 Å². The fourth-order valence-electron chi connectivity index (χ4n) is 2.79. The van der Waals surface area contributed by atoms with E-state index in [9.17, 15) is 24.6 Å². The second-order valence-electron chi connectivity index (χ2n) is 8.45. The van der Waals surface area contributed by atoms with Crippen molar-refractivity contribution in [2.75, 3.05) is 6.54 Å². The minimum Gasteiger partial charge on any atom is -0.480 e. The number of nitrogens with one attached hydrogen (secondary N) is 2. The number of carbonyl (C=O) groups excluding carboxylic acids is 1. The fourth-order valence-corrected chi connectivity index (χ4v) is 2.79. The lowest BCUT2D eigenvalue weighted by atomic mass is 9.87. The van der Waals surface area contributed by atoms with E-state index in [1.54, 1.807) is 12.1 Å². The summed E-state index contributed by atoms with van der Waals surface area (Å²) in [4.78, 5) is 35.0. The topological polar surface area (TPSA) is 116 Å². The van der Waals surface area contributed by atoms with Crippen LogP contribution in [0.3, 0.4) is 0 Å². The molecule has 2 unspecified atom stereocenters. The Kier molecular flexibility index (Phi) is 8.63. The van der Waals surface area contributed by atoms with Gasteiger partial charge < -0.3 is 15.5 Å². The number of hydrogen-bond acceptors (Lipinski definition) is 4. The third-order valence-electron chi connectivity index (χ3n) is 4.44. The minimum absolute atomic E-state index is 0.00788. The molecule has 156 valence electrons. The first kappa shape index (κ1) is 23.6. The SMILES string of the molecule is CC(C)CC(NC(CCNC(=O)c1ccc(C(C)(C)C)cc1)C(=O)O)C(=O)O. The van der Waals surface area contributed by atoms with E-state index in [2.05, 4.69) is 31.4 Å². The average molecular weight is 392 g/mol. The molecular formula is C21H32N2O5. The van der Waals surface area contributed by atoms with Gasteiger partial charge >= 0.3 is 11.9 Å². The molecule has 4 N–H and O–H groups in total. The molecule has 28 heavy (non-hydrogen) atoms. The van der Waals surface area contributed by atoms with Gasteiger partial charge in [-0.05, 0) is 41.9 Å². The third-order valence-corrected chi connectivity index (χ3v) is 4.44. The summed E-state index contributed by atoms with van der Waals surface area (Å²) in [5.74, 6) is -2.40. The standard InChI is InChI=1S/C21H32N2O5/c1-13(2)12-17(20(27)28)23-16(19(25)26)10-11-22-18(24)14-6-8-15(9-7-14)21(3,4)5/h6-9,13,16-17,23H,10-12H2,1-5H3,(H,22,24)(H,25,26)(H,27,28). The Morgan fingerprint density at radius 1 is 0.964 bits per heavy atom. The number of carboxylic acids is 2. The zero-order valence-electron chi connectivity index (χ0n) is 17.3. The molecule has 0 bridgehead atoms. The molecule has 1 aromatic rings. The first-order valence-electron chi connectivity index (χ1n) is 9.52. The van der Waals surface area contributed by atoms with Gasteiger partial charge in [-0.3, -0.25) is 19.7 Å². The molecule has 0 saturated carbocycles. The van der Waals surface area contributed by atoms with Gasteiger partial charge in [0.2, 0.25) is 0 Å². The molecule has 7 heteroatoms. The number of carboxylic acid groups (broad SMARTS) is 2. The van der Waals surface area contributed by atoms with Gasteiger partial charge in [0.05, 0.1) is 0 Å². The smallest absolute Gasteiger partial charge is 0.320 e. The van der Waals surface area contributed by atoms with Crippen LogP contribution in [-0.2, 0) is 15.0 Å². The molecule has 1 amide bonds. The quantitative estimate of drug-likeness (QED) is 0.486. The Morgan fingerprint density at radius 3 is 1.93 bits per heavy atom. The predicted molar refractivity (Wildman–Crippen MR) is 108 cm³/mol. The highest BCUT2D eigenvalue weighted by atomic mass is 16.4. The van der Waals surface area contributed by atoms with Crippen LogP contribution in [-0.4, -0.2) is 46.7 Å². The zero-order valence-corrected chi connectivity index (χ0v) is 17.3. The van der Waals surface area contributed by atoms with Gasteiger partial charge in [0.15, 0.2) is 0 Å². The first-order chi connectivity index (χ1) is 12.9.